The molecule has 0 bridgehead atoms. The number of carbonyl (C=O) groups excluding carboxylic acids is 3. The van der Waals surface area contributed by atoms with Gasteiger partial charge in [0, 0.05) is 19.0 Å². The molecule has 0 atom stereocenters. The van der Waals surface area contributed by atoms with Crippen molar-refractivity contribution < 1.29 is 19.1 Å². The van der Waals surface area contributed by atoms with Crippen LogP contribution in [-0.4, -0.2) is 41.3 Å². The topological polar surface area (TPSA) is 119 Å². The molecule has 1 aromatic carbocycles. The fraction of sp³-hybridized carbons (Fsp3) is 0.421. The fourth-order valence-corrected chi connectivity index (χ4v) is 2.65. The number of urea groups is 1. The van der Waals surface area contributed by atoms with Gasteiger partial charge in [0.25, 0.3) is 11.5 Å². The Morgan fingerprint density at radius 2 is 1.82 bits per heavy atom. The van der Waals surface area contributed by atoms with Crippen molar-refractivity contribution in [3.05, 3.63) is 40.3 Å². The van der Waals surface area contributed by atoms with E-state index in [1.165, 1.54) is 11.7 Å². The van der Waals surface area contributed by atoms with E-state index in [1.807, 2.05) is 5.32 Å². The monoisotopic (exact) mass is 388 g/mol. The predicted molar refractivity (Wildman–Crippen MR) is 103 cm³/mol. The molecule has 3 amide bonds. The molecule has 0 unspecified atom stereocenters. The zero-order chi connectivity index (χ0) is 20.5. The molecule has 0 radical (unpaired) electrons. The first-order valence-electron chi connectivity index (χ1n) is 9.16. The van der Waals surface area contributed by atoms with Gasteiger partial charge in [0.1, 0.15) is 0 Å². The number of esters is 1. The molecule has 0 aliphatic rings. The Morgan fingerprint density at radius 3 is 2.50 bits per heavy atom. The first-order chi connectivity index (χ1) is 13.5. The minimum absolute atomic E-state index is 0.0431. The first kappa shape index (κ1) is 21.1. The molecule has 0 aliphatic heterocycles. The maximum atomic E-state index is 12.6. The maximum absolute atomic E-state index is 12.6. The highest BCUT2D eigenvalue weighted by molar-refractivity contribution is 6.03. The first-order valence-corrected chi connectivity index (χ1v) is 9.16. The van der Waals surface area contributed by atoms with Crippen LogP contribution in [0.5, 0.6) is 0 Å². The molecule has 0 saturated heterocycles. The number of aromatic nitrogens is 2. The summed E-state index contributed by atoms with van der Waals surface area (Å²) in [4.78, 5) is 47.8. The van der Waals surface area contributed by atoms with Gasteiger partial charge in [-0.1, -0.05) is 44.4 Å². The van der Waals surface area contributed by atoms with Crippen molar-refractivity contribution in [1.29, 1.82) is 0 Å². The lowest BCUT2D eigenvalue weighted by Gasteiger charge is -2.11. The molecular weight excluding hydrogens is 364 g/mol. The average molecular weight is 388 g/mol. The highest BCUT2D eigenvalue weighted by atomic mass is 16.5. The lowest BCUT2D eigenvalue weighted by atomic mass is 10.1. The quantitative estimate of drug-likeness (QED) is 0.523. The van der Waals surface area contributed by atoms with Crippen LogP contribution in [0.15, 0.2) is 29.1 Å². The largest absolute Gasteiger partial charge is 0.451 e. The van der Waals surface area contributed by atoms with Crippen molar-refractivity contribution in [2.24, 2.45) is 0 Å². The zero-order valence-corrected chi connectivity index (χ0v) is 16.0. The standard InChI is InChI=1S/C19H24N4O5/c1-3-4-5-8-11-23-17(25)14-10-7-6-9-13(14)16(22-23)18(26)28-12-15(24)21-19(27)20-2/h6-7,9-10H,3-5,8,11-12H2,1-2H3,(H2,20,21,24,27). The van der Waals surface area contributed by atoms with Gasteiger partial charge in [-0.15, -0.1) is 0 Å². The normalized spacial score (nSPS) is 10.5. The third-order valence-electron chi connectivity index (χ3n) is 4.10. The number of fused-ring (bicyclic) bond motifs is 1. The summed E-state index contributed by atoms with van der Waals surface area (Å²) in [5.41, 5.74) is -0.320. The summed E-state index contributed by atoms with van der Waals surface area (Å²) < 4.78 is 6.24. The summed E-state index contributed by atoms with van der Waals surface area (Å²) in [5, 5.41) is 9.10. The Bertz CT molecular complexity index is 922. The van der Waals surface area contributed by atoms with Crippen LogP contribution in [0.3, 0.4) is 0 Å². The number of amides is 3. The van der Waals surface area contributed by atoms with E-state index >= 15 is 0 Å². The maximum Gasteiger partial charge on any atom is 0.359 e. The Hall–Kier alpha value is -3.23. The summed E-state index contributed by atoms with van der Waals surface area (Å²) in [5.74, 6) is -1.62. The number of nitrogens with one attached hydrogen (secondary N) is 2. The van der Waals surface area contributed by atoms with E-state index < -0.39 is 24.5 Å². The summed E-state index contributed by atoms with van der Waals surface area (Å²) in [6, 6.07) is 5.91. The molecule has 0 spiro atoms. The Kier molecular flexibility index (Phi) is 7.67. The SMILES string of the molecule is CCCCCCn1nc(C(=O)OCC(=O)NC(=O)NC)c2ccccc2c1=O. The van der Waals surface area contributed by atoms with Gasteiger partial charge >= 0.3 is 12.0 Å². The molecule has 1 heterocycles. The van der Waals surface area contributed by atoms with Gasteiger partial charge < -0.3 is 10.1 Å². The van der Waals surface area contributed by atoms with Gasteiger partial charge in [-0.05, 0) is 12.5 Å². The van der Waals surface area contributed by atoms with Crippen LogP contribution < -0.4 is 16.2 Å². The lowest BCUT2D eigenvalue weighted by molar-refractivity contribution is -0.123. The number of hydrogen-bond donors (Lipinski definition) is 2. The van der Waals surface area contributed by atoms with Crippen LogP contribution in [0.4, 0.5) is 4.79 Å². The van der Waals surface area contributed by atoms with Crippen LogP contribution in [0.2, 0.25) is 0 Å². The summed E-state index contributed by atoms with van der Waals surface area (Å²) >= 11 is 0. The highest BCUT2D eigenvalue weighted by Gasteiger charge is 2.19. The van der Waals surface area contributed by atoms with E-state index in [9.17, 15) is 19.2 Å². The van der Waals surface area contributed by atoms with Gasteiger partial charge in [0.2, 0.25) is 0 Å². The van der Waals surface area contributed by atoms with Gasteiger partial charge in [-0.25, -0.2) is 14.3 Å². The summed E-state index contributed by atoms with van der Waals surface area (Å²) in [6.07, 6.45) is 3.84. The highest BCUT2D eigenvalue weighted by Crippen LogP contribution is 2.14. The number of unbranched alkanes of at least 4 members (excludes halogenated alkanes) is 3. The van der Waals surface area contributed by atoms with E-state index in [0.717, 1.165) is 25.7 Å². The van der Waals surface area contributed by atoms with E-state index in [0.29, 0.717) is 17.3 Å². The minimum Gasteiger partial charge on any atom is -0.451 e. The third-order valence-corrected chi connectivity index (χ3v) is 4.10. The second-order valence-corrected chi connectivity index (χ2v) is 6.19. The molecule has 2 aromatic rings. The number of aryl methyl sites for hydroxylation is 1. The van der Waals surface area contributed by atoms with Gasteiger partial charge in [-0.3, -0.25) is 14.9 Å². The lowest BCUT2D eigenvalue weighted by Crippen LogP contribution is -2.39. The number of carbonyl (C=O) groups is 3. The van der Waals surface area contributed by atoms with Crippen molar-refractivity contribution in [2.75, 3.05) is 13.7 Å². The van der Waals surface area contributed by atoms with E-state index in [2.05, 4.69) is 17.3 Å². The van der Waals surface area contributed by atoms with E-state index in [4.69, 9.17) is 4.74 Å². The second-order valence-electron chi connectivity index (χ2n) is 6.19. The molecule has 9 heteroatoms. The average Bonchev–Trinajstić information content (AvgIpc) is 2.70. The number of rotatable bonds is 8. The molecule has 2 N–H and O–H groups in total. The number of hydrogen-bond acceptors (Lipinski definition) is 6. The van der Waals surface area contributed by atoms with Crippen molar-refractivity contribution in [3.63, 3.8) is 0 Å². The van der Waals surface area contributed by atoms with Crippen molar-refractivity contribution in [1.82, 2.24) is 20.4 Å². The fourth-order valence-electron chi connectivity index (χ4n) is 2.65. The van der Waals surface area contributed by atoms with E-state index in [1.54, 1.807) is 24.3 Å². The van der Waals surface area contributed by atoms with Crippen LogP contribution in [0, 0.1) is 0 Å². The molecule has 0 saturated carbocycles. The van der Waals surface area contributed by atoms with Crippen molar-refractivity contribution in [2.45, 2.75) is 39.2 Å². The number of benzene rings is 1. The molecule has 150 valence electrons. The molecule has 1 aromatic heterocycles. The molecule has 9 nitrogen and oxygen atoms in total. The Labute approximate surface area is 162 Å². The molecule has 0 aliphatic carbocycles. The van der Waals surface area contributed by atoms with Crippen LogP contribution >= 0.6 is 0 Å². The minimum atomic E-state index is -0.842. The van der Waals surface area contributed by atoms with Crippen molar-refractivity contribution in [3.8, 4) is 0 Å². The molecular formula is C19H24N4O5. The second kappa shape index (κ2) is 10.2. The number of imide groups is 1. The van der Waals surface area contributed by atoms with E-state index in [-0.39, 0.29) is 11.3 Å². The molecule has 0 fully saturated rings. The number of nitrogens with zero attached hydrogens (tertiary/aromatic N) is 2. The molecule has 28 heavy (non-hydrogen) atoms. The molecule has 2 rings (SSSR count). The van der Waals surface area contributed by atoms with Gasteiger partial charge in [0.15, 0.2) is 12.3 Å². The summed E-state index contributed by atoms with van der Waals surface area (Å²) in [6.45, 7) is 1.84. The Balaban J connectivity index is 2.23. The van der Waals surface area contributed by atoms with Gasteiger partial charge in [0.05, 0.1) is 5.39 Å². The zero-order valence-electron chi connectivity index (χ0n) is 16.0. The Morgan fingerprint density at radius 1 is 1.11 bits per heavy atom. The van der Waals surface area contributed by atoms with Crippen molar-refractivity contribution >= 4 is 28.7 Å². The smallest absolute Gasteiger partial charge is 0.359 e. The summed E-state index contributed by atoms with van der Waals surface area (Å²) in [7, 11) is 1.36. The number of ether oxygens (including phenoxy) is 1. The van der Waals surface area contributed by atoms with Crippen LogP contribution in [0.1, 0.15) is 43.1 Å². The predicted octanol–water partition coefficient (Wildman–Crippen LogP) is 1.59. The van der Waals surface area contributed by atoms with Crippen LogP contribution in [-0.2, 0) is 16.1 Å². The van der Waals surface area contributed by atoms with Gasteiger partial charge in [-0.2, -0.15) is 5.10 Å². The van der Waals surface area contributed by atoms with Crippen LogP contribution in [0.25, 0.3) is 10.8 Å². The third kappa shape index (κ3) is 5.38.